The van der Waals surface area contributed by atoms with Gasteiger partial charge in [0.05, 0.1) is 25.9 Å². The molecule has 0 radical (unpaired) electrons. The fourth-order valence-electron chi connectivity index (χ4n) is 5.44. The van der Waals surface area contributed by atoms with Gasteiger partial charge in [-0.2, -0.15) is 9.97 Å². The van der Waals surface area contributed by atoms with Crippen molar-refractivity contribution in [1.29, 1.82) is 0 Å². The third kappa shape index (κ3) is 7.43. The molecule has 2 saturated heterocycles. The van der Waals surface area contributed by atoms with Gasteiger partial charge in [0, 0.05) is 6.54 Å². The molecule has 6 heterocycles. The molecule has 10 atom stereocenters. The number of nitrogens with zero attached hydrogens (tertiary/aromatic N) is 8. The molecule has 4 aromatic rings. The average molecular weight is 767 g/mol. The summed E-state index contributed by atoms with van der Waals surface area (Å²) in [5.41, 5.74) is 6.74. The number of hydrogen-bond acceptors (Lipinski definition) is 17. The predicted octanol–water partition coefficient (Wildman–Crippen LogP) is -0.182. The van der Waals surface area contributed by atoms with Gasteiger partial charge in [-0.1, -0.05) is 6.08 Å². The minimum atomic E-state index is -2.69. The molecule has 0 saturated carbocycles. The normalized spacial score (nSPS) is 28.5. The van der Waals surface area contributed by atoms with Gasteiger partial charge in [-0.25, -0.2) is 28.7 Å². The Bertz CT molecular complexity index is 1880. The molecule has 2 aliphatic heterocycles. The van der Waals surface area contributed by atoms with E-state index >= 15 is 8.78 Å². The third-order valence-electron chi connectivity index (χ3n) is 7.55. The van der Waals surface area contributed by atoms with Gasteiger partial charge in [-0.05, 0) is 29.7 Å². The van der Waals surface area contributed by atoms with E-state index in [4.69, 9.17) is 29.0 Å². The number of aromatic nitrogens is 8. The lowest BCUT2D eigenvalue weighted by Gasteiger charge is -2.17. The largest absolute Gasteiger partial charge is 0.472 e. The van der Waals surface area contributed by atoms with Gasteiger partial charge < -0.3 is 54.3 Å². The molecular weight excluding hydrogens is 736 g/mol. The van der Waals surface area contributed by atoms with Crippen molar-refractivity contribution in [2.75, 3.05) is 37.4 Å². The van der Waals surface area contributed by atoms with E-state index in [0.29, 0.717) is 11.3 Å². The van der Waals surface area contributed by atoms with Crippen LogP contribution in [0.4, 0.5) is 20.5 Å². The fourth-order valence-corrected chi connectivity index (χ4v) is 7.14. The molecule has 7 N–H and O–H groups in total. The second kappa shape index (κ2) is 15.5. The molecule has 49 heavy (non-hydrogen) atoms. The zero-order valence-corrected chi connectivity index (χ0v) is 28.5. The van der Waals surface area contributed by atoms with E-state index in [0.717, 1.165) is 0 Å². The Morgan fingerprint density at radius 3 is 2.06 bits per heavy atom. The van der Waals surface area contributed by atoms with Crippen LogP contribution in [0.3, 0.4) is 0 Å². The molecule has 2 aliphatic rings. The number of aliphatic hydroxyl groups is 2. The van der Waals surface area contributed by atoms with E-state index in [2.05, 4.69) is 58.8 Å². The number of anilines is 2. The summed E-state index contributed by atoms with van der Waals surface area (Å²) < 4.78 is 60.5. The SMILES string of the molecule is Nc1nc(OC/C=C/CNc2ncnc3c2ncn3C2O[C@H](CO)[C@@H](O[PH](O)=S)[C@H]2F)c2ncn([C@@H]3O[C@H](CO)[C@@H](O[PH](O)=S)[C@H]3F)c2n1. The number of ether oxygens (including phenoxy) is 3. The van der Waals surface area contributed by atoms with E-state index in [1.807, 2.05) is 0 Å². The lowest BCUT2D eigenvalue weighted by Crippen LogP contribution is -2.32. The summed E-state index contributed by atoms with van der Waals surface area (Å²) in [5.74, 6) is 0.190. The second-order valence-corrected chi connectivity index (χ2v) is 14.1. The summed E-state index contributed by atoms with van der Waals surface area (Å²) in [6.07, 6.45) is -3.57. The minimum Gasteiger partial charge on any atom is -0.472 e. The molecule has 0 bridgehead atoms. The van der Waals surface area contributed by atoms with Crippen LogP contribution in [0.2, 0.25) is 0 Å². The smallest absolute Gasteiger partial charge is 0.247 e. The Morgan fingerprint density at radius 2 is 1.47 bits per heavy atom. The number of rotatable bonds is 14. The van der Waals surface area contributed by atoms with Gasteiger partial charge in [0.25, 0.3) is 0 Å². The van der Waals surface area contributed by atoms with Crippen LogP contribution in [0.25, 0.3) is 22.3 Å². The maximum Gasteiger partial charge on any atom is 0.247 e. The Balaban J connectivity index is 1.09. The van der Waals surface area contributed by atoms with E-state index in [1.54, 1.807) is 12.2 Å². The first kappa shape index (κ1) is 35.9. The lowest BCUT2D eigenvalue weighted by molar-refractivity contribution is -0.0430. The van der Waals surface area contributed by atoms with E-state index in [1.165, 1.54) is 28.1 Å². The van der Waals surface area contributed by atoms with Crippen LogP contribution in [0, 0.1) is 0 Å². The summed E-state index contributed by atoms with van der Waals surface area (Å²) in [6.45, 7) is -0.831. The summed E-state index contributed by atoms with van der Waals surface area (Å²) in [5, 5.41) is 22.3. The van der Waals surface area contributed by atoms with Gasteiger partial charge in [0.2, 0.25) is 11.8 Å². The Kier molecular flexibility index (Phi) is 11.4. The molecule has 0 aliphatic carbocycles. The van der Waals surface area contributed by atoms with Crippen molar-refractivity contribution in [3.8, 4) is 5.88 Å². The maximum atomic E-state index is 15.3. The predicted molar refractivity (Wildman–Crippen MR) is 176 cm³/mol. The standard InChI is InChI=1S/C24H30F2N10O9P2S2/c25-12-16(44-46(39)48)10(5-37)42-22(12)35-8-31-14-18(29-7-30-19(14)35)28-3-1-2-4-41-21-15-20(33-24(27)34-21)36(9-32-15)23-13(26)17(45-47(40)49)11(6-38)43-23/h1-2,7-13,16-17,22-23,37-38,46-47H,3-6H2,(H,39,48)(H,40,49)(H2,27,33,34)(H,28,29,30)/b2-1+/t10-,11-,12-,13-,16-,17-,22?,23-/m1/s1. The highest BCUT2D eigenvalue weighted by molar-refractivity contribution is 8.00. The number of hydrogen-bond donors (Lipinski definition) is 6. The average Bonchev–Trinajstić information content (AvgIpc) is 3.83. The van der Waals surface area contributed by atoms with Crippen LogP contribution in [0.1, 0.15) is 12.5 Å². The van der Waals surface area contributed by atoms with E-state index < -0.39 is 76.7 Å². The zero-order chi connectivity index (χ0) is 34.8. The number of halogens is 2. The van der Waals surface area contributed by atoms with Crippen molar-refractivity contribution in [2.24, 2.45) is 0 Å². The number of imidazole rings is 2. The summed E-state index contributed by atoms with van der Waals surface area (Å²) >= 11 is 9.36. The highest BCUT2D eigenvalue weighted by atomic mass is 32.4. The van der Waals surface area contributed by atoms with Gasteiger partial charge in [0.15, 0.2) is 67.2 Å². The van der Waals surface area contributed by atoms with Crippen molar-refractivity contribution in [3.63, 3.8) is 0 Å². The Morgan fingerprint density at radius 1 is 0.878 bits per heavy atom. The first-order valence-electron chi connectivity index (χ1n) is 14.4. The Labute approximate surface area is 286 Å². The van der Waals surface area contributed by atoms with Gasteiger partial charge in [-0.15, -0.1) is 0 Å². The first-order chi connectivity index (χ1) is 23.6. The molecular formula is C24H30F2N10O9P2S2. The first-order valence-corrected chi connectivity index (χ1v) is 19.4. The summed E-state index contributed by atoms with van der Waals surface area (Å²) in [4.78, 5) is 44.2. The monoisotopic (exact) mass is 766 g/mol. The Hall–Kier alpha value is -2.92. The molecule has 0 aromatic carbocycles. The third-order valence-corrected chi connectivity index (χ3v) is 9.08. The molecule has 4 aromatic heterocycles. The van der Waals surface area contributed by atoms with Gasteiger partial charge >= 0.3 is 0 Å². The second-order valence-electron chi connectivity index (χ2n) is 10.5. The van der Waals surface area contributed by atoms with E-state index in [9.17, 15) is 20.0 Å². The molecule has 266 valence electrons. The summed E-state index contributed by atoms with van der Waals surface area (Å²) in [6, 6.07) is 0. The highest BCUT2D eigenvalue weighted by Gasteiger charge is 2.49. The fraction of sp³-hybridized carbons (Fsp3) is 0.500. The van der Waals surface area contributed by atoms with E-state index in [-0.39, 0.29) is 41.8 Å². The van der Waals surface area contributed by atoms with Crippen LogP contribution in [0.15, 0.2) is 31.1 Å². The summed E-state index contributed by atoms with van der Waals surface area (Å²) in [7, 11) is -5.35. The number of nitrogen functional groups attached to an aromatic ring is 1. The lowest BCUT2D eigenvalue weighted by atomic mass is 10.1. The molecule has 19 nitrogen and oxygen atoms in total. The van der Waals surface area contributed by atoms with Gasteiger partial charge in [0.1, 0.15) is 37.4 Å². The van der Waals surface area contributed by atoms with Crippen LogP contribution < -0.4 is 15.8 Å². The van der Waals surface area contributed by atoms with Crippen molar-refractivity contribution in [3.05, 3.63) is 31.1 Å². The van der Waals surface area contributed by atoms with Crippen LogP contribution in [-0.4, -0.2) is 122 Å². The number of aliphatic hydroxyl groups excluding tert-OH is 2. The van der Waals surface area contributed by atoms with Crippen molar-refractivity contribution >= 4 is 72.0 Å². The maximum absolute atomic E-state index is 15.3. The number of nitrogens with two attached hydrogens (primary N) is 1. The van der Waals surface area contributed by atoms with Crippen LogP contribution >= 0.6 is 14.3 Å². The van der Waals surface area contributed by atoms with Crippen molar-refractivity contribution in [1.82, 2.24) is 39.0 Å². The number of nitrogens with one attached hydrogen (secondary N) is 1. The topological polar surface area (TPSA) is 252 Å². The van der Waals surface area contributed by atoms with Crippen molar-refractivity contribution in [2.45, 2.75) is 49.2 Å². The molecule has 6 rings (SSSR count). The number of alkyl halides is 2. The number of fused-ring (bicyclic) bond motifs is 2. The molecule has 25 heteroatoms. The van der Waals surface area contributed by atoms with Crippen LogP contribution in [-0.2, 0) is 42.1 Å². The molecule has 3 unspecified atom stereocenters. The molecule has 0 amide bonds. The molecule has 2 fully saturated rings. The minimum absolute atomic E-state index is 0.0218. The quantitative estimate of drug-likeness (QED) is 0.0719. The van der Waals surface area contributed by atoms with Crippen LogP contribution in [0.5, 0.6) is 5.88 Å². The van der Waals surface area contributed by atoms with Crippen molar-refractivity contribution < 1.29 is 52.0 Å². The van der Waals surface area contributed by atoms with Gasteiger partial charge in [-0.3, -0.25) is 9.13 Å². The zero-order valence-electron chi connectivity index (χ0n) is 24.9. The highest BCUT2D eigenvalue weighted by Crippen LogP contribution is 2.40. The molecule has 0 spiro atoms.